The van der Waals surface area contributed by atoms with Crippen molar-refractivity contribution >= 4 is 46.1 Å². The first-order valence-electron chi connectivity index (χ1n) is 14.6. The zero-order chi connectivity index (χ0) is 31.3. The molecule has 2 atom stereocenters. The third kappa shape index (κ3) is 6.80. The summed E-state index contributed by atoms with van der Waals surface area (Å²) >= 11 is 0. The van der Waals surface area contributed by atoms with Crippen molar-refractivity contribution in [2.24, 2.45) is 5.92 Å². The van der Waals surface area contributed by atoms with E-state index in [1.807, 2.05) is 72.8 Å². The molecule has 1 aromatic heterocycles. The van der Waals surface area contributed by atoms with E-state index in [2.05, 4.69) is 15.6 Å². The molecule has 4 aromatic carbocycles. The third-order valence-corrected chi connectivity index (χ3v) is 7.95. The summed E-state index contributed by atoms with van der Waals surface area (Å²) in [5.74, 6) is -1.43. The van der Waals surface area contributed by atoms with Crippen LogP contribution in [0.25, 0.3) is 11.1 Å². The number of rotatable bonds is 11. The molecule has 0 bridgehead atoms. The van der Waals surface area contributed by atoms with Gasteiger partial charge in [-0.1, -0.05) is 42.5 Å². The van der Waals surface area contributed by atoms with Gasteiger partial charge in [-0.3, -0.25) is 14.4 Å². The smallest absolute Gasteiger partial charge is 0.308 e. The molecule has 45 heavy (non-hydrogen) atoms. The molecule has 1 amide bonds. The molecule has 3 N–H and O–H groups in total. The van der Waals surface area contributed by atoms with Crippen LogP contribution in [0.5, 0.6) is 5.75 Å². The minimum Gasteiger partial charge on any atom is -0.497 e. The summed E-state index contributed by atoms with van der Waals surface area (Å²) in [5, 5.41) is 16.2. The molecule has 0 aliphatic carbocycles. The second-order valence-corrected chi connectivity index (χ2v) is 11.0. The van der Waals surface area contributed by atoms with E-state index in [1.165, 1.54) is 0 Å². The highest BCUT2D eigenvalue weighted by Crippen LogP contribution is 2.34. The van der Waals surface area contributed by atoms with Crippen LogP contribution < -0.4 is 15.4 Å². The second-order valence-electron chi connectivity index (χ2n) is 11.0. The number of carboxylic acids is 1. The number of Topliss-reactive ketones (excluding diaryl/α,β-unsaturated/α-hetero) is 1. The Morgan fingerprint density at radius 3 is 2.49 bits per heavy atom. The molecular weight excluding hydrogens is 572 g/mol. The van der Waals surface area contributed by atoms with Crippen molar-refractivity contribution < 1.29 is 28.6 Å². The van der Waals surface area contributed by atoms with E-state index in [0.29, 0.717) is 35.0 Å². The number of likely N-dealkylation sites (tertiary alicyclic amines) is 1. The number of carbonyl (C=O) groups excluding carboxylic acids is 2. The molecule has 1 aliphatic rings. The number of methoxy groups -OCH3 is 1. The number of hydrogen-bond donors (Lipinski definition) is 3. The van der Waals surface area contributed by atoms with Crippen molar-refractivity contribution in [1.82, 2.24) is 9.88 Å². The summed E-state index contributed by atoms with van der Waals surface area (Å²) in [7, 11) is 1.60. The highest BCUT2D eigenvalue weighted by Gasteiger charge is 2.40. The lowest BCUT2D eigenvalue weighted by Gasteiger charge is -2.17. The molecule has 10 nitrogen and oxygen atoms in total. The summed E-state index contributed by atoms with van der Waals surface area (Å²) in [6.45, 7) is 0.600. The van der Waals surface area contributed by atoms with Gasteiger partial charge in [-0.2, -0.15) is 4.98 Å². The van der Waals surface area contributed by atoms with Crippen molar-refractivity contribution in [2.75, 3.05) is 37.4 Å². The van der Waals surface area contributed by atoms with Crippen LogP contribution in [0.15, 0.2) is 101 Å². The van der Waals surface area contributed by atoms with Gasteiger partial charge in [0.15, 0.2) is 11.4 Å². The number of benzene rings is 4. The zero-order valence-electron chi connectivity index (χ0n) is 24.6. The molecule has 2 heterocycles. The number of hydrogen-bond acceptors (Lipinski definition) is 8. The van der Waals surface area contributed by atoms with Gasteiger partial charge in [-0.25, -0.2) is 0 Å². The van der Waals surface area contributed by atoms with E-state index in [-0.39, 0.29) is 37.1 Å². The van der Waals surface area contributed by atoms with E-state index in [4.69, 9.17) is 9.15 Å². The molecule has 1 saturated heterocycles. The van der Waals surface area contributed by atoms with Gasteiger partial charge in [0, 0.05) is 48.4 Å². The van der Waals surface area contributed by atoms with Crippen molar-refractivity contribution in [3.63, 3.8) is 0 Å². The minimum absolute atomic E-state index is 0.00975. The Hall–Kier alpha value is -5.64. The van der Waals surface area contributed by atoms with Gasteiger partial charge in [-0.15, -0.1) is 0 Å². The Morgan fingerprint density at radius 2 is 1.73 bits per heavy atom. The number of anilines is 3. The van der Waals surface area contributed by atoms with E-state index in [9.17, 15) is 19.5 Å². The van der Waals surface area contributed by atoms with Crippen LogP contribution in [-0.4, -0.2) is 59.4 Å². The number of ketones is 1. The Labute approximate surface area is 259 Å². The number of aliphatic carboxylic acids is 1. The first-order valence-corrected chi connectivity index (χ1v) is 14.6. The fourth-order valence-corrected chi connectivity index (χ4v) is 5.62. The molecule has 5 aromatic rings. The highest BCUT2D eigenvalue weighted by atomic mass is 16.5. The molecule has 6 rings (SSSR count). The van der Waals surface area contributed by atoms with Crippen LogP contribution in [0.2, 0.25) is 0 Å². The first-order chi connectivity index (χ1) is 21.9. The van der Waals surface area contributed by atoms with Crippen LogP contribution in [-0.2, 0) is 16.0 Å². The lowest BCUT2D eigenvalue weighted by molar-refractivity contribution is -0.141. The summed E-state index contributed by atoms with van der Waals surface area (Å²) < 4.78 is 11.1. The Balaban J connectivity index is 1.04. The zero-order valence-corrected chi connectivity index (χ0v) is 24.6. The summed E-state index contributed by atoms with van der Waals surface area (Å²) in [6, 6.07) is 29.6. The summed E-state index contributed by atoms with van der Waals surface area (Å²) in [5.41, 5.74) is 4.96. The van der Waals surface area contributed by atoms with Crippen molar-refractivity contribution in [3.05, 3.63) is 114 Å². The molecule has 1 fully saturated rings. The van der Waals surface area contributed by atoms with E-state index in [1.54, 1.807) is 36.3 Å². The van der Waals surface area contributed by atoms with Gasteiger partial charge < -0.3 is 29.8 Å². The number of nitrogens with one attached hydrogen (secondary N) is 2. The number of aromatic nitrogens is 1. The molecule has 228 valence electrons. The summed E-state index contributed by atoms with van der Waals surface area (Å²) in [4.78, 5) is 43.9. The highest BCUT2D eigenvalue weighted by molar-refractivity contribution is 5.95. The average molecular weight is 605 g/mol. The maximum Gasteiger partial charge on any atom is 0.308 e. The topological polar surface area (TPSA) is 134 Å². The molecule has 10 heteroatoms. The lowest BCUT2D eigenvalue weighted by Crippen LogP contribution is -2.29. The fourth-order valence-electron chi connectivity index (χ4n) is 5.62. The number of amides is 1. The predicted molar refractivity (Wildman–Crippen MR) is 170 cm³/mol. The Kier molecular flexibility index (Phi) is 8.45. The normalized spacial score (nSPS) is 16.0. The largest absolute Gasteiger partial charge is 0.497 e. The molecule has 2 unspecified atom stereocenters. The standard InChI is InChI=1S/C35H32N4O6/c1-44-28-9-5-8-26(18-28)37-35-38-31-15-10-22(17-32(31)45-35)16-27(40)19-36-25-13-11-23(12-14-25)29-20-39(21-30(29)34(42)43)33(41)24-6-3-2-4-7-24/h2-15,17-18,29-30,36H,16,19-21H2,1H3,(H,37,38)(H,42,43). The maximum atomic E-state index is 13.0. The average Bonchev–Trinajstić information content (AvgIpc) is 3.69. The fraction of sp³-hybridized carbons (Fsp3) is 0.200. The van der Waals surface area contributed by atoms with Crippen molar-refractivity contribution in [2.45, 2.75) is 12.3 Å². The number of ether oxygens (including phenoxy) is 1. The van der Waals surface area contributed by atoms with Gasteiger partial charge in [0.25, 0.3) is 11.9 Å². The Morgan fingerprint density at radius 1 is 0.933 bits per heavy atom. The van der Waals surface area contributed by atoms with Gasteiger partial charge >= 0.3 is 5.97 Å². The SMILES string of the molecule is COc1cccc(Nc2nc3ccc(CC(=O)CNc4ccc(C5CN(C(=O)c6ccccc6)CC5C(=O)O)cc4)cc3o2)c1. The van der Waals surface area contributed by atoms with Crippen LogP contribution in [0.1, 0.15) is 27.4 Å². The van der Waals surface area contributed by atoms with Crippen molar-refractivity contribution in [1.29, 1.82) is 0 Å². The third-order valence-electron chi connectivity index (χ3n) is 7.95. The molecular formula is C35H32N4O6. The monoisotopic (exact) mass is 604 g/mol. The molecule has 0 radical (unpaired) electrons. The van der Waals surface area contributed by atoms with Gasteiger partial charge in [0.2, 0.25) is 0 Å². The van der Waals surface area contributed by atoms with Crippen LogP contribution in [0.3, 0.4) is 0 Å². The van der Waals surface area contributed by atoms with E-state index < -0.39 is 11.9 Å². The predicted octanol–water partition coefficient (Wildman–Crippen LogP) is 5.74. The molecule has 1 aliphatic heterocycles. The van der Waals surface area contributed by atoms with E-state index >= 15 is 0 Å². The number of fused-ring (bicyclic) bond motifs is 1. The van der Waals surface area contributed by atoms with E-state index in [0.717, 1.165) is 22.5 Å². The van der Waals surface area contributed by atoms with Gasteiger partial charge in [0.1, 0.15) is 11.3 Å². The van der Waals surface area contributed by atoms with Crippen LogP contribution in [0, 0.1) is 5.92 Å². The summed E-state index contributed by atoms with van der Waals surface area (Å²) in [6.07, 6.45) is 0.216. The van der Waals surface area contributed by atoms with Gasteiger partial charge in [0.05, 0.1) is 19.6 Å². The Bertz CT molecular complexity index is 1840. The first kappa shape index (κ1) is 29.4. The van der Waals surface area contributed by atoms with Crippen LogP contribution in [0.4, 0.5) is 17.4 Å². The minimum atomic E-state index is -0.927. The van der Waals surface area contributed by atoms with Crippen molar-refractivity contribution in [3.8, 4) is 5.75 Å². The van der Waals surface area contributed by atoms with Gasteiger partial charge in [-0.05, 0) is 59.7 Å². The number of oxazole rings is 1. The quantitative estimate of drug-likeness (QED) is 0.172. The second kappa shape index (κ2) is 12.9. The van der Waals surface area contributed by atoms with Crippen LogP contribution >= 0.6 is 0 Å². The molecule has 0 saturated carbocycles. The number of carboxylic acid groups (broad SMARTS) is 1. The maximum absolute atomic E-state index is 13.0. The lowest BCUT2D eigenvalue weighted by atomic mass is 9.89. The molecule has 0 spiro atoms. The number of carbonyl (C=O) groups is 3. The number of nitrogens with zero attached hydrogens (tertiary/aromatic N) is 2.